The van der Waals surface area contributed by atoms with E-state index in [1.54, 1.807) is 30.5 Å². The molecule has 2 aliphatic rings. The SMILES string of the molecule is Nc1ncc2n3c(nc(-c4ccc(C(=O)Nc5cc(C(F)(F)F)ccn5)cc4)c13)[C@@H]1CCC[C@H](C1)NC(=O)CC/C=C/C2. The second-order valence-corrected chi connectivity index (χ2v) is 10.9. The molecule has 1 aromatic carbocycles. The van der Waals surface area contributed by atoms with E-state index in [9.17, 15) is 22.8 Å². The summed E-state index contributed by atoms with van der Waals surface area (Å²) >= 11 is 0. The number of nitrogen functional groups attached to an aromatic ring is 1. The van der Waals surface area contributed by atoms with E-state index in [1.165, 1.54) is 0 Å². The van der Waals surface area contributed by atoms with E-state index < -0.39 is 17.6 Å². The number of pyridine rings is 1. The number of nitrogens with zero attached hydrogens (tertiary/aromatic N) is 4. The van der Waals surface area contributed by atoms with Gasteiger partial charge in [-0.15, -0.1) is 0 Å². The van der Waals surface area contributed by atoms with Crippen molar-refractivity contribution in [3.8, 4) is 11.3 Å². The maximum absolute atomic E-state index is 13.1. The molecule has 4 aromatic rings. The highest BCUT2D eigenvalue weighted by Crippen LogP contribution is 2.38. The van der Waals surface area contributed by atoms with Crippen LogP contribution in [0.15, 0.2) is 60.9 Å². The Balaban J connectivity index is 1.35. The van der Waals surface area contributed by atoms with Crippen molar-refractivity contribution in [2.75, 3.05) is 11.1 Å². The first-order valence-electron chi connectivity index (χ1n) is 14.2. The Morgan fingerprint density at radius 1 is 1.09 bits per heavy atom. The maximum atomic E-state index is 13.1. The third-order valence-corrected chi connectivity index (χ3v) is 7.97. The topological polar surface area (TPSA) is 127 Å². The van der Waals surface area contributed by atoms with Crippen molar-refractivity contribution < 1.29 is 22.8 Å². The number of allylic oxidation sites excluding steroid dienone is 2. The standard InChI is InChI=1S/C31H30F3N7O2/c32-31(33,34)21-13-14-36-24(16-21)39-30(43)19-11-9-18(10-12-19)26-27-28(35)37-17-23-7-2-1-3-8-25(42)38-22-6-4-5-20(15-22)29(40-26)41(23)27/h1-2,9-14,16-17,20,22H,3-8,15H2,(H2,35,37)(H,38,42)(H,36,39,43)/b2-1+/t20-,22-/m1/s1. The Hall–Kier alpha value is -4.74. The summed E-state index contributed by atoms with van der Waals surface area (Å²) < 4.78 is 41.3. The molecule has 4 N–H and O–H groups in total. The Bertz CT molecular complexity index is 1710. The molecular formula is C31H30F3N7O2. The van der Waals surface area contributed by atoms with E-state index in [0.717, 1.165) is 55.5 Å². The number of rotatable bonds is 3. The van der Waals surface area contributed by atoms with Gasteiger partial charge in [0.1, 0.15) is 28.7 Å². The molecule has 0 spiro atoms. The number of aromatic nitrogens is 4. The van der Waals surface area contributed by atoms with E-state index in [1.807, 2.05) is 12.2 Å². The van der Waals surface area contributed by atoms with Crippen LogP contribution in [0, 0.1) is 0 Å². The van der Waals surface area contributed by atoms with Crippen LogP contribution >= 0.6 is 0 Å². The van der Waals surface area contributed by atoms with Crippen LogP contribution < -0.4 is 16.4 Å². The molecule has 4 heterocycles. The molecule has 3 aromatic heterocycles. The van der Waals surface area contributed by atoms with Gasteiger partial charge in [-0.25, -0.2) is 15.0 Å². The Kier molecular flexibility index (Phi) is 7.59. The number of fused-ring (bicyclic) bond motifs is 3. The summed E-state index contributed by atoms with van der Waals surface area (Å²) in [7, 11) is 0. The van der Waals surface area contributed by atoms with Crippen LogP contribution in [-0.4, -0.2) is 37.2 Å². The smallest absolute Gasteiger partial charge is 0.382 e. The number of halogens is 3. The Morgan fingerprint density at radius 3 is 2.70 bits per heavy atom. The van der Waals surface area contributed by atoms with Gasteiger partial charge in [0, 0.05) is 54.0 Å². The summed E-state index contributed by atoms with van der Waals surface area (Å²) in [6.07, 6.45) is 7.50. The molecule has 2 bridgehead atoms. The largest absolute Gasteiger partial charge is 0.416 e. The van der Waals surface area contributed by atoms with Crippen molar-refractivity contribution in [3.63, 3.8) is 0 Å². The summed E-state index contributed by atoms with van der Waals surface area (Å²) in [6.45, 7) is 0. The van der Waals surface area contributed by atoms with Gasteiger partial charge in [-0.05, 0) is 49.9 Å². The highest BCUT2D eigenvalue weighted by atomic mass is 19.4. The minimum absolute atomic E-state index is 0.0555. The van der Waals surface area contributed by atoms with Crippen molar-refractivity contribution in [1.82, 2.24) is 24.7 Å². The zero-order valence-electron chi connectivity index (χ0n) is 23.2. The average molecular weight is 590 g/mol. The van der Waals surface area contributed by atoms with Crippen molar-refractivity contribution in [2.24, 2.45) is 0 Å². The molecule has 222 valence electrons. The maximum Gasteiger partial charge on any atom is 0.416 e. The monoisotopic (exact) mass is 589 g/mol. The summed E-state index contributed by atoms with van der Waals surface area (Å²) in [6, 6.07) is 8.32. The van der Waals surface area contributed by atoms with Gasteiger partial charge in [-0.2, -0.15) is 13.2 Å². The van der Waals surface area contributed by atoms with Gasteiger partial charge in [0.15, 0.2) is 0 Å². The van der Waals surface area contributed by atoms with E-state index in [-0.39, 0.29) is 29.2 Å². The Labute approximate surface area is 245 Å². The normalized spacial score (nSPS) is 19.9. The van der Waals surface area contributed by atoms with E-state index >= 15 is 0 Å². The number of hydrogen-bond acceptors (Lipinski definition) is 6. The van der Waals surface area contributed by atoms with Gasteiger partial charge in [0.2, 0.25) is 5.91 Å². The average Bonchev–Trinajstić information content (AvgIpc) is 3.40. The molecule has 2 atom stereocenters. The predicted octanol–water partition coefficient (Wildman–Crippen LogP) is 5.68. The first kappa shape index (κ1) is 28.4. The molecule has 1 aliphatic carbocycles. The van der Waals surface area contributed by atoms with Crippen molar-refractivity contribution in [2.45, 2.75) is 63.1 Å². The number of hydrogen-bond donors (Lipinski definition) is 3. The molecule has 1 saturated carbocycles. The number of anilines is 2. The number of carbonyl (C=O) groups is 2. The Morgan fingerprint density at radius 2 is 1.91 bits per heavy atom. The zero-order valence-corrected chi connectivity index (χ0v) is 23.2. The third-order valence-electron chi connectivity index (χ3n) is 7.97. The molecule has 43 heavy (non-hydrogen) atoms. The summed E-state index contributed by atoms with van der Waals surface area (Å²) in [4.78, 5) is 38.7. The minimum Gasteiger partial charge on any atom is -0.382 e. The van der Waals surface area contributed by atoms with Gasteiger partial charge >= 0.3 is 6.18 Å². The van der Waals surface area contributed by atoms with Crippen LogP contribution in [0.25, 0.3) is 16.8 Å². The molecule has 0 radical (unpaired) electrons. The van der Waals surface area contributed by atoms with Crippen molar-refractivity contribution in [1.29, 1.82) is 0 Å². The number of amides is 2. The predicted molar refractivity (Wildman–Crippen MR) is 155 cm³/mol. The summed E-state index contributed by atoms with van der Waals surface area (Å²) in [5.74, 6) is 0.536. The fourth-order valence-corrected chi connectivity index (χ4v) is 5.88. The molecule has 1 aliphatic heterocycles. The number of benzene rings is 1. The highest BCUT2D eigenvalue weighted by molar-refractivity contribution is 6.04. The van der Waals surface area contributed by atoms with E-state index in [0.29, 0.717) is 41.9 Å². The fourth-order valence-electron chi connectivity index (χ4n) is 5.88. The molecular weight excluding hydrogens is 559 g/mol. The second-order valence-electron chi connectivity index (χ2n) is 10.9. The molecule has 1 fully saturated rings. The third kappa shape index (κ3) is 5.95. The molecule has 12 heteroatoms. The molecule has 2 amide bonds. The van der Waals surface area contributed by atoms with Gasteiger partial charge in [0.05, 0.1) is 5.56 Å². The van der Waals surface area contributed by atoms with Crippen LogP contribution in [0.1, 0.15) is 71.9 Å². The highest BCUT2D eigenvalue weighted by Gasteiger charge is 2.32. The van der Waals surface area contributed by atoms with Crippen LogP contribution in [0.3, 0.4) is 0 Å². The van der Waals surface area contributed by atoms with E-state index in [2.05, 4.69) is 25.0 Å². The number of nitrogens with one attached hydrogen (secondary N) is 2. The first-order chi connectivity index (χ1) is 20.7. The number of carbonyl (C=O) groups excluding carboxylic acids is 2. The molecule has 0 saturated heterocycles. The van der Waals surface area contributed by atoms with Crippen LogP contribution in [0.2, 0.25) is 0 Å². The van der Waals surface area contributed by atoms with Crippen LogP contribution in [0.5, 0.6) is 0 Å². The quantitative estimate of drug-likeness (QED) is 0.264. The number of nitrogens with two attached hydrogens (primary N) is 1. The second kappa shape index (κ2) is 11.5. The number of imidazole rings is 1. The number of alkyl halides is 3. The van der Waals surface area contributed by atoms with Crippen molar-refractivity contribution >= 4 is 29.0 Å². The zero-order chi connectivity index (χ0) is 30.1. The minimum atomic E-state index is -4.55. The molecule has 6 rings (SSSR count). The van der Waals surface area contributed by atoms with E-state index in [4.69, 9.17) is 10.7 Å². The lowest BCUT2D eigenvalue weighted by atomic mass is 9.85. The molecule has 9 nitrogen and oxygen atoms in total. The van der Waals surface area contributed by atoms with Crippen molar-refractivity contribution in [3.05, 3.63) is 83.6 Å². The van der Waals surface area contributed by atoms with Gasteiger partial charge < -0.3 is 16.4 Å². The summed E-state index contributed by atoms with van der Waals surface area (Å²) in [5.41, 5.74) is 8.72. The summed E-state index contributed by atoms with van der Waals surface area (Å²) in [5, 5.41) is 5.62. The molecule has 0 unspecified atom stereocenters. The lowest BCUT2D eigenvalue weighted by molar-refractivity contribution is -0.137. The van der Waals surface area contributed by atoms with Gasteiger partial charge in [-0.1, -0.05) is 30.7 Å². The van der Waals surface area contributed by atoms with Gasteiger partial charge in [-0.3, -0.25) is 14.0 Å². The van der Waals surface area contributed by atoms with Gasteiger partial charge in [0.25, 0.3) is 5.91 Å². The lowest BCUT2D eigenvalue weighted by Gasteiger charge is -2.29. The van der Waals surface area contributed by atoms with Crippen LogP contribution in [0.4, 0.5) is 24.8 Å². The first-order valence-corrected chi connectivity index (χ1v) is 14.2. The fraction of sp³-hybridized carbons (Fsp3) is 0.323. The van der Waals surface area contributed by atoms with Crippen LogP contribution in [-0.2, 0) is 17.4 Å². The lowest BCUT2D eigenvalue weighted by Crippen LogP contribution is -2.38.